The first kappa shape index (κ1) is 9.93. The lowest BCUT2D eigenvalue weighted by Gasteiger charge is -2.09. The second-order valence-corrected chi connectivity index (χ2v) is 0.885. The Morgan fingerprint density at radius 2 is 1.43 bits per heavy atom. The van der Waals surface area contributed by atoms with Crippen LogP contribution >= 0.6 is 0 Å². The molecule has 0 aliphatic carbocycles. The van der Waals surface area contributed by atoms with Crippen molar-refractivity contribution in [3.8, 4) is 0 Å². The number of hydrogen-bond donors (Lipinski definition) is 4. The van der Waals surface area contributed by atoms with Crippen LogP contribution in [0.3, 0.4) is 0 Å². The Bertz CT molecular complexity index is 39.4. The molecule has 0 aromatic carbocycles. The summed E-state index contributed by atoms with van der Waals surface area (Å²) in [7, 11) is 1.21. The second kappa shape index (κ2) is 2.89. The molecule has 0 fully saturated rings. The minimum absolute atomic E-state index is 0. The van der Waals surface area contributed by atoms with Crippen LogP contribution in [0.4, 0.5) is 0 Å². The molecule has 0 saturated heterocycles. The van der Waals surface area contributed by atoms with E-state index in [2.05, 4.69) is 0 Å². The molecule has 0 aliphatic rings. The van der Waals surface area contributed by atoms with Crippen molar-refractivity contribution < 1.29 is 20.8 Å². The summed E-state index contributed by atoms with van der Waals surface area (Å²) >= 11 is 0. The molecular weight excluding hydrogens is 102 g/mol. The zero-order chi connectivity index (χ0) is 5.21. The summed E-state index contributed by atoms with van der Waals surface area (Å²) in [4.78, 5) is 0. The smallest absolute Gasteiger partial charge is 0.342 e. The van der Waals surface area contributed by atoms with Crippen LogP contribution in [0.5, 0.6) is 0 Å². The van der Waals surface area contributed by atoms with Crippen molar-refractivity contribution in [1.29, 1.82) is 0 Å². The van der Waals surface area contributed by atoms with Gasteiger partial charge in [-0.1, -0.05) is 0 Å². The van der Waals surface area contributed by atoms with Crippen LogP contribution in [0.25, 0.3) is 0 Å². The van der Waals surface area contributed by atoms with Gasteiger partial charge in [-0.3, -0.25) is 0 Å². The summed E-state index contributed by atoms with van der Waals surface area (Å²) in [5.41, 5.74) is 0. The van der Waals surface area contributed by atoms with Crippen molar-refractivity contribution in [2.24, 2.45) is 0 Å². The Morgan fingerprint density at radius 3 is 1.43 bits per heavy atom. The maximum atomic E-state index is 7.83. The highest BCUT2D eigenvalue weighted by atomic mass is 16.7. The molecule has 5 heteroatoms. The fourth-order valence-corrected chi connectivity index (χ4v) is 0. The molecule has 0 bridgehead atoms. The lowest BCUT2D eigenvalue weighted by Crippen LogP contribution is -2.41. The van der Waals surface area contributed by atoms with Crippen LogP contribution in [0, 0.1) is 0 Å². The maximum Gasteiger partial charge on any atom is 0.342 e. The summed E-state index contributed by atoms with van der Waals surface area (Å²) < 4.78 is 0. The summed E-state index contributed by atoms with van der Waals surface area (Å²) in [6.45, 7) is 0. The van der Waals surface area contributed by atoms with Gasteiger partial charge >= 0.3 is 6.10 Å². The Labute approximate surface area is 40.5 Å². The molecule has 0 atom stereocenters. The van der Waals surface area contributed by atoms with Crippen molar-refractivity contribution in [3.63, 3.8) is 0 Å². The van der Waals surface area contributed by atoms with Crippen LogP contribution in [-0.4, -0.2) is 33.9 Å². The molecule has 0 spiro atoms. The molecule has 7 heavy (non-hydrogen) atoms. The highest BCUT2D eigenvalue weighted by molar-refractivity contribution is 4.29. The fourth-order valence-electron chi connectivity index (χ4n) is 0. The molecule has 0 aromatic rings. The van der Waals surface area contributed by atoms with Gasteiger partial charge in [0.05, 0.1) is 0 Å². The van der Waals surface area contributed by atoms with Crippen LogP contribution in [0.1, 0.15) is 0 Å². The first-order chi connectivity index (χ1) is 2.56. The monoisotopic (exact) mass is 111 g/mol. The van der Waals surface area contributed by atoms with Gasteiger partial charge in [-0.25, -0.2) is 5.32 Å². The molecule has 0 amide bonds. The van der Waals surface area contributed by atoms with E-state index in [1.165, 1.54) is 7.05 Å². The molecule has 0 radical (unpaired) electrons. The van der Waals surface area contributed by atoms with Gasteiger partial charge in [0.25, 0.3) is 0 Å². The first-order valence-corrected chi connectivity index (χ1v) is 1.42. The summed E-state index contributed by atoms with van der Waals surface area (Å²) in [5, 5.41) is 25.3. The van der Waals surface area contributed by atoms with E-state index in [1.807, 2.05) is 0 Å². The molecular formula is C2H9NO4. The van der Waals surface area contributed by atoms with Gasteiger partial charge < -0.3 is 20.8 Å². The van der Waals surface area contributed by atoms with E-state index in [0.29, 0.717) is 0 Å². The zero-order valence-corrected chi connectivity index (χ0v) is 3.84. The molecule has 0 aliphatic heterocycles. The summed E-state index contributed by atoms with van der Waals surface area (Å²) in [6, 6.07) is 0. The van der Waals surface area contributed by atoms with E-state index < -0.39 is 6.10 Å². The number of hydrogen-bond acceptors (Lipinski definition) is 4. The van der Waals surface area contributed by atoms with Gasteiger partial charge in [0, 0.05) is 0 Å². The molecule has 46 valence electrons. The number of nitrogens with one attached hydrogen (secondary N) is 1. The van der Waals surface area contributed by atoms with Gasteiger partial charge in [-0.2, -0.15) is 0 Å². The van der Waals surface area contributed by atoms with Gasteiger partial charge in [-0.05, 0) is 7.05 Å². The van der Waals surface area contributed by atoms with Gasteiger partial charge in [-0.15, -0.1) is 0 Å². The van der Waals surface area contributed by atoms with Gasteiger partial charge in [0.2, 0.25) is 0 Å². The van der Waals surface area contributed by atoms with Gasteiger partial charge in [0.15, 0.2) is 0 Å². The molecule has 0 unspecified atom stereocenters. The largest absolute Gasteiger partial charge is 0.412 e. The standard InChI is InChI=1S/C2H7NO3.H2O/c1-3-2(4,5)6;/h3-6H,1H3;1H2. The summed E-state index contributed by atoms with van der Waals surface area (Å²) in [5.74, 6) is 0. The zero-order valence-electron chi connectivity index (χ0n) is 3.84. The topological polar surface area (TPSA) is 104 Å². The molecule has 0 heterocycles. The highest BCUT2D eigenvalue weighted by Gasteiger charge is 2.11. The predicted molar refractivity (Wildman–Crippen MR) is 22.1 cm³/mol. The molecule has 6 N–H and O–H groups in total. The Balaban J connectivity index is 0. The predicted octanol–water partition coefficient (Wildman–Crippen LogP) is -3.03. The third-order valence-electron chi connectivity index (χ3n) is 0.335. The SMILES string of the molecule is CNC(O)(O)O.O. The van der Waals surface area contributed by atoms with Crippen molar-refractivity contribution in [3.05, 3.63) is 0 Å². The van der Waals surface area contributed by atoms with Crippen LogP contribution in [-0.2, 0) is 0 Å². The van der Waals surface area contributed by atoms with E-state index in [9.17, 15) is 0 Å². The average Bonchev–Trinajstić information content (AvgIpc) is 1.35. The van der Waals surface area contributed by atoms with Crippen LogP contribution in [0.2, 0.25) is 0 Å². The maximum absolute atomic E-state index is 7.83. The van der Waals surface area contributed by atoms with Crippen molar-refractivity contribution in [2.75, 3.05) is 7.05 Å². The third-order valence-corrected chi connectivity index (χ3v) is 0.335. The lowest BCUT2D eigenvalue weighted by atomic mass is 10.9. The Hall–Kier alpha value is -0.200. The van der Waals surface area contributed by atoms with Crippen molar-refractivity contribution in [2.45, 2.75) is 6.10 Å². The summed E-state index contributed by atoms with van der Waals surface area (Å²) in [6.07, 6.45) is -2.71. The van der Waals surface area contributed by atoms with Crippen LogP contribution < -0.4 is 5.32 Å². The first-order valence-electron chi connectivity index (χ1n) is 1.42. The van der Waals surface area contributed by atoms with Gasteiger partial charge in [0.1, 0.15) is 0 Å². The quantitative estimate of drug-likeness (QED) is 0.270. The second-order valence-electron chi connectivity index (χ2n) is 0.885. The molecule has 5 nitrogen and oxygen atoms in total. The van der Waals surface area contributed by atoms with Crippen LogP contribution in [0.15, 0.2) is 0 Å². The van der Waals surface area contributed by atoms with E-state index in [-0.39, 0.29) is 5.48 Å². The third kappa shape index (κ3) is 10.7. The van der Waals surface area contributed by atoms with E-state index in [0.717, 1.165) is 0 Å². The number of rotatable bonds is 1. The lowest BCUT2D eigenvalue weighted by molar-refractivity contribution is -0.328. The van der Waals surface area contributed by atoms with E-state index in [4.69, 9.17) is 15.3 Å². The normalized spacial score (nSPS) is 10.3. The molecule has 0 aromatic heterocycles. The minimum atomic E-state index is -2.71. The van der Waals surface area contributed by atoms with E-state index >= 15 is 0 Å². The van der Waals surface area contributed by atoms with Crippen molar-refractivity contribution in [1.82, 2.24) is 5.32 Å². The highest BCUT2D eigenvalue weighted by Crippen LogP contribution is 1.77. The average molecular weight is 111 g/mol. The number of aliphatic hydroxyl groups is 3. The molecule has 0 rings (SSSR count). The molecule has 0 saturated carbocycles. The van der Waals surface area contributed by atoms with E-state index in [1.54, 1.807) is 5.32 Å². The Morgan fingerprint density at radius 1 is 1.29 bits per heavy atom. The van der Waals surface area contributed by atoms with Crippen molar-refractivity contribution >= 4 is 0 Å². The minimum Gasteiger partial charge on any atom is -0.412 e. The Kier molecular flexibility index (Phi) is 4.10. The fraction of sp³-hybridized carbons (Fsp3) is 1.00.